The summed E-state index contributed by atoms with van der Waals surface area (Å²) < 4.78 is 14.5. The number of nitrogens with one attached hydrogen (secondary N) is 2. The molecular formula is C24H27FN8S. The van der Waals surface area contributed by atoms with E-state index in [0.717, 1.165) is 45.9 Å². The second-order valence-corrected chi connectivity index (χ2v) is 10.5. The predicted octanol–water partition coefficient (Wildman–Crippen LogP) is 3.93. The van der Waals surface area contributed by atoms with Gasteiger partial charge in [-0.2, -0.15) is 0 Å². The van der Waals surface area contributed by atoms with Crippen molar-refractivity contribution in [2.45, 2.75) is 29.4 Å². The van der Waals surface area contributed by atoms with Crippen LogP contribution in [0.4, 0.5) is 15.9 Å². The summed E-state index contributed by atoms with van der Waals surface area (Å²) in [5.74, 6) is 2.59. The lowest BCUT2D eigenvalue weighted by Gasteiger charge is -2.43. The van der Waals surface area contributed by atoms with Crippen LogP contribution in [0.2, 0.25) is 0 Å². The van der Waals surface area contributed by atoms with Gasteiger partial charge in [0.05, 0.1) is 21.5 Å². The molecular weight excluding hydrogens is 451 g/mol. The average molecular weight is 479 g/mol. The Labute approximate surface area is 201 Å². The van der Waals surface area contributed by atoms with Crippen LogP contribution in [0.25, 0.3) is 21.9 Å². The summed E-state index contributed by atoms with van der Waals surface area (Å²) in [6.07, 6.45) is 4.78. The number of aromatic amines is 1. The van der Waals surface area contributed by atoms with Gasteiger partial charge >= 0.3 is 0 Å². The van der Waals surface area contributed by atoms with E-state index in [2.05, 4.69) is 44.2 Å². The smallest absolute Gasteiger partial charge is 0.196 e. The minimum Gasteiger partial charge on any atom is -0.386 e. The molecule has 6 rings (SSSR count). The molecule has 4 aromatic rings. The monoisotopic (exact) mass is 478 g/mol. The Morgan fingerprint density at radius 2 is 1.97 bits per heavy atom. The highest BCUT2D eigenvalue weighted by molar-refractivity contribution is 7.99. The third kappa shape index (κ3) is 3.47. The van der Waals surface area contributed by atoms with Gasteiger partial charge < -0.3 is 20.1 Å². The van der Waals surface area contributed by atoms with E-state index in [-0.39, 0.29) is 5.82 Å². The van der Waals surface area contributed by atoms with Crippen LogP contribution in [0.15, 0.2) is 34.6 Å². The molecule has 1 saturated carbocycles. The van der Waals surface area contributed by atoms with Gasteiger partial charge in [-0.15, -0.1) is 0 Å². The molecule has 2 N–H and O–H groups in total. The Bertz CT molecular complexity index is 1390. The molecule has 3 atom stereocenters. The highest BCUT2D eigenvalue weighted by atomic mass is 32.2. The number of anilines is 2. The van der Waals surface area contributed by atoms with Crippen molar-refractivity contribution in [3.8, 4) is 0 Å². The summed E-state index contributed by atoms with van der Waals surface area (Å²) >= 11 is 1.44. The fourth-order valence-electron chi connectivity index (χ4n) is 5.47. The third-order valence-corrected chi connectivity index (χ3v) is 8.03. The first kappa shape index (κ1) is 21.5. The van der Waals surface area contributed by atoms with Gasteiger partial charge in [-0.1, -0.05) is 0 Å². The molecule has 34 heavy (non-hydrogen) atoms. The van der Waals surface area contributed by atoms with Gasteiger partial charge in [-0.3, -0.25) is 0 Å². The van der Waals surface area contributed by atoms with E-state index < -0.39 is 0 Å². The zero-order valence-corrected chi connectivity index (χ0v) is 20.4. The first-order valence-electron chi connectivity index (χ1n) is 11.5. The van der Waals surface area contributed by atoms with Crippen molar-refractivity contribution in [2.24, 2.45) is 11.8 Å². The first-order valence-corrected chi connectivity index (χ1v) is 12.3. The minimum atomic E-state index is -0.284. The Kier molecular flexibility index (Phi) is 5.11. The number of fused-ring (bicyclic) bond motifs is 4. The van der Waals surface area contributed by atoms with Crippen LogP contribution in [-0.2, 0) is 0 Å². The Morgan fingerprint density at radius 3 is 2.71 bits per heavy atom. The lowest BCUT2D eigenvalue weighted by Crippen LogP contribution is -2.49. The van der Waals surface area contributed by atoms with Gasteiger partial charge in [-0.05, 0) is 63.2 Å². The van der Waals surface area contributed by atoms with E-state index in [1.54, 1.807) is 25.5 Å². The molecule has 0 radical (unpaired) electrons. The van der Waals surface area contributed by atoms with E-state index in [1.165, 1.54) is 24.2 Å². The summed E-state index contributed by atoms with van der Waals surface area (Å²) in [5.41, 5.74) is 2.25. The molecule has 0 amide bonds. The summed E-state index contributed by atoms with van der Waals surface area (Å²) in [5, 5.41) is 5.40. The van der Waals surface area contributed by atoms with Crippen LogP contribution in [0, 0.1) is 24.6 Å². The number of hydrogen-bond donors (Lipinski definition) is 2. The van der Waals surface area contributed by atoms with E-state index >= 15 is 0 Å². The molecule has 1 aliphatic carbocycles. The van der Waals surface area contributed by atoms with Crippen molar-refractivity contribution in [1.29, 1.82) is 0 Å². The number of nitrogens with zero attached hydrogens (tertiary/aromatic N) is 6. The first-order chi connectivity index (χ1) is 16.4. The Morgan fingerprint density at radius 1 is 1.18 bits per heavy atom. The zero-order valence-electron chi connectivity index (χ0n) is 19.6. The molecule has 10 heteroatoms. The molecule has 1 saturated heterocycles. The summed E-state index contributed by atoms with van der Waals surface area (Å²) in [6, 6.07) is 3.68. The normalized spacial score (nSPS) is 21.9. The van der Waals surface area contributed by atoms with Crippen LogP contribution in [-0.4, -0.2) is 70.1 Å². The fourth-order valence-corrected chi connectivity index (χ4v) is 6.16. The molecule has 0 spiro atoms. The average Bonchev–Trinajstić information content (AvgIpc) is 3.32. The summed E-state index contributed by atoms with van der Waals surface area (Å²) in [6.45, 7) is 3.76. The van der Waals surface area contributed by atoms with Gasteiger partial charge in [0.15, 0.2) is 5.16 Å². The molecule has 176 valence electrons. The quantitative estimate of drug-likeness (QED) is 0.418. The Balaban J connectivity index is 1.49. The largest absolute Gasteiger partial charge is 0.386 e. The van der Waals surface area contributed by atoms with Gasteiger partial charge in [0.1, 0.15) is 23.1 Å². The van der Waals surface area contributed by atoms with Gasteiger partial charge in [0, 0.05) is 44.0 Å². The van der Waals surface area contributed by atoms with E-state index in [4.69, 9.17) is 9.97 Å². The Hall–Kier alpha value is -2.98. The zero-order chi connectivity index (χ0) is 23.6. The number of aromatic nitrogens is 5. The molecule has 3 aromatic heterocycles. The number of rotatable bonds is 5. The van der Waals surface area contributed by atoms with Gasteiger partial charge in [0.2, 0.25) is 0 Å². The van der Waals surface area contributed by atoms with Crippen molar-refractivity contribution in [1.82, 2.24) is 29.8 Å². The fraction of sp³-hybridized carbons (Fsp3) is 0.417. The maximum absolute atomic E-state index is 14.5. The molecule has 0 unspecified atom stereocenters. The molecule has 1 aromatic carbocycles. The van der Waals surface area contributed by atoms with Crippen LogP contribution in [0.1, 0.15) is 12.2 Å². The second kappa shape index (κ2) is 8.06. The van der Waals surface area contributed by atoms with Gasteiger partial charge in [0.25, 0.3) is 0 Å². The third-order valence-electron chi connectivity index (χ3n) is 7.21. The molecule has 2 fully saturated rings. The number of H-pyrrole nitrogens is 1. The number of hydrogen-bond acceptors (Lipinski definition) is 8. The number of halogens is 1. The minimum absolute atomic E-state index is 0.284. The lowest BCUT2D eigenvalue weighted by molar-refractivity contribution is 0.0703. The molecule has 8 nitrogen and oxygen atoms in total. The molecule has 0 bridgehead atoms. The van der Waals surface area contributed by atoms with Crippen molar-refractivity contribution in [3.05, 3.63) is 36.2 Å². The summed E-state index contributed by atoms with van der Waals surface area (Å²) in [7, 11) is 6.11. The number of aryl methyl sites for hydroxylation is 1. The highest BCUT2D eigenvalue weighted by Gasteiger charge is 2.48. The molecule has 4 heterocycles. The maximum Gasteiger partial charge on any atom is 0.196 e. The maximum atomic E-state index is 14.5. The highest BCUT2D eigenvalue weighted by Crippen LogP contribution is 2.46. The topological polar surface area (TPSA) is 85.9 Å². The van der Waals surface area contributed by atoms with Gasteiger partial charge in [-0.25, -0.2) is 24.3 Å². The summed E-state index contributed by atoms with van der Waals surface area (Å²) in [4.78, 5) is 27.4. The predicted molar refractivity (Wildman–Crippen MR) is 133 cm³/mol. The van der Waals surface area contributed by atoms with Crippen LogP contribution >= 0.6 is 11.8 Å². The molecule has 2 aliphatic rings. The van der Waals surface area contributed by atoms with Crippen LogP contribution in [0.5, 0.6) is 0 Å². The van der Waals surface area contributed by atoms with Crippen LogP contribution in [0.3, 0.4) is 0 Å². The van der Waals surface area contributed by atoms with Crippen molar-refractivity contribution in [3.63, 3.8) is 0 Å². The van der Waals surface area contributed by atoms with E-state index in [9.17, 15) is 4.39 Å². The van der Waals surface area contributed by atoms with Crippen molar-refractivity contribution < 1.29 is 4.39 Å². The lowest BCUT2D eigenvalue weighted by atomic mass is 9.71. The standard InChI is InChI=1S/C24H27FN8S/c1-12-27-8-15(9-28-12)34-24-30-22-20(16-6-14(25)7-18(26-2)21(16)29-22)23(31-24)33-10-13-5-19(32(3)4)17(13)11-33/h6-9,13,17,19,26H,5,10-11H2,1-4H3,(H,29,30,31)/t13-,17+,19-/m1/s1. The van der Waals surface area contributed by atoms with E-state index in [1.807, 2.05) is 6.92 Å². The van der Waals surface area contributed by atoms with Crippen molar-refractivity contribution >= 4 is 45.2 Å². The van der Waals surface area contributed by atoms with Crippen molar-refractivity contribution in [2.75, 3.05) is 44.4 Å². The number of benzene rings is 1. The van der Waals surface area contributed by atoms with Crippen LogP contribution < -0.4 is 10.2 Å². The SMILES string of the molecule is CNc1cc(F)cc2c1[nH]c1nc(Sc3cnc(C)nc3)nc(N3C[C@H]4C[C@@H](N(C)C)[C@H]4C3)c12. The second-order valence-electron chi connectivity index (χ2n) is 9.47. The van der Waals surface area contributed by atoms with E-state index in [0.29, 0.717) is 34.4 Å². The molecule has 1 aliphatic heterocycles.